The van der Waals surface area contributed by atoms with Gasteiger partial charge in [-0.05, 0) is 22.3 Å². The summed E-state index contributed by atoms with van der Waals surface area (Å²) >= 11 is 0. The van der Waals surface area contributed by atoms with Gasteiger partial charge in [-0.25, -0.2) is 9.67 Å². The molecular weight excluding hydrogens is 520 g/mol. The first-order chi connectivity index (χ1) is 14.4. The Hall–Kier alpha value is -2.63. The molecule has 0 amide bonds. The minimum atomic E-state index is -4.20. The number of aliphatic imine (C=N–C) groups is 1. The van der Waals surface area contributed by atoms with E-state index in [1.54, 1.807) is 11.0 Å². The van der Waals surface area contributed by atoms with Gasteiger partial charge in [0.25, 0.3) is 0 Å². The largest absolute Gasteiger partial charge is 0.390 e. The first kappa shape index (κ1) is 24.6. The van der Waals surface area contributed by atoms with Gasteiger partial charge in [-0.15, -0.1) is 24.0 Å². The molecule has 6 nitrogen and oxygen atoms in total. The first-order valence-electron chi connectivity index (χ1n) is 9.45. The molecule has 0 fully saturated rings. The second kappa shape index (κ2) is 11.7. The molecule has 0 bridgehead atoms. The summed E-state index contributed by atoms with van der Waals surface area (Å²) in [5, 5.41) is 9.87. The summed E-state index contributed by atoms with van der Waals surface area (Å²) < 4.78 is 38.7. The highest BCUT2D eigenvalue weighted by molar-refractivity contribution is 14.0. The molecule has 1 heterocycles. The Bertz CT molecular complexity index is 956. The smallest absolute Gasteiger partial charge is 0.356 e. The van der Waals surface area contributed by atoms with Crippen LogP contribution in [0.2, 0.25) is 0 Å². The molecule has 1 aromatic heterocycles. The number of hydrogen-bond donors (Lipinski definition) is 2. The summed E-state index contributed by atoms with van der Waals surface area (Å²) in [5.41, 5.74) is 4.22. The number of guanidine groups is 1. The fourth-order valence-corrected chi connectivity index (χ4v) is 2.97. The average Bonchev–Trinajstić information content (AvgIpc) is 3.24. The Balaban J connectivity index is 0.00000341. The molecule has 0 spiro atoms. The van der Waals surface area contributed by atoms with Crippen molar-refractivity contribution in [2.24, 2.45) is 4.99 Å². The molecule has 0 saturated heterocycles. The Morgan fingerprint density at radius 2 is 1.81 bits per heavy atom. The van der Waals surface area contributed by atoms with E-state index < -0.39 is 12.6 Å². The Morgan fingerprint density at radius 1 is 1.06 bits per heavy atom. The van der Waals surface area contributed by atoms with Gasteiger partial charge in [-0.2, -0.15) is 18.3 Å². The molecule has 10 heteroatoms. The lowest BCUT2D eigenvalue weighted by Gasteiger charge is -2.15. The minimum Gasteiger partial charge on any atom is -0.356 e. The van der Waals surface area contributed by atoms with Crippen LogP contribution in [-0.4, -0.2) is 40.5 Å². The van der Waals surface area contributed by atoms with E-state index in [1.807, 2.05) is 48.5 Å². The van der Waals surface area contributed by atoms with Crippen LogP contribution in [0.3, 0.4) is 0 Å². The zero-order valence-electron chi connectivity index (χ0n) is 16.9. The van der Waals surface area contributed by atoms with Gasteiger partial charge in [0.05, 0.1) is 13.0 Å². The van der Waals surface area contributed by atoms with Crippen molar-refractivity contribution in [3.05, 3.63) is 72.3 Å². The third-order valence-electron chi connectivity index (χ3n) is 4.46. The lowest BCUT2D eigenvalue weighted by Crippen LogP contribution is -2.38. The highest BCUT2D eigenvalue weighted by Crippen LogP contribution is 2.24. The lowest BCUT2D eigenvalue weighted by molar-refractivity contribution is -0.132. The monoisotopic (exact) mass is 544 g/mol. The summed E-state index contributed by atoms with van der Waals surface area (Å²) in [5.74, 6) is 0.331. The van der Waals surface area contributed by atoms with Crippen LogP contribution in [0, 0.1) is 0 Å². The van der Waals surface area contributed by atoms with Crippen molar-refractivity contribution in [3.63, 3.8) is 0 Å². The van der Waals surface area contributed by atoms with Crippen LogP contribution in [0.1, 0.15) is 17.5 Å². The number of halogens is 4. The number of rotatable bonds is 7. The molecule has 0 aliphatic carbocycles. The lowest BCUT2D eigenvalue weighted by atomic mass is 9.98. The number of alkyl halides is 3. The molecule has 2 aromatic carbocycles. The zero-order chi connectivity index (χ0) is 21.4. The van der Waals surface area contributed by atoms with Gasteiger partial charge in [-0.1, -0.05) is 48.5 Å². The van der Waals surface area contributed by atoms with Crippen molar-refractivity contribution in [2.75, 3.05) is 13.6 Å². The van der Waals surface area contributed by atoms with Gasteiger partial charge in [-0.3, -0.25) is 4.99 Å². The molecule has 0 atom stereocenters. The van der Waals surface area contributed by atoms with Crippen LogP contribution in [0.5, 0.6) is 0 Å². The number of nitrogens with one attached hydrogen (secondary N) is 2. The van der Waals surface area contributed by atoms with Crippen LogP contribution in [0.15, 0.2) is 66.2 Å². The molecular formula is C21H24F3IN6. The topological polar surface area (TPSA) is 67.1 Å². The molecule has 3 rings (SSSR count). The van der Waals surface area contributed by atoms with Gasteiger partial charge in [0.1, 0.15) is 12.7 Å². The molecule has 0 aliphatic heterocycles. The van der Waals surface area contributed by atoms with E-state index in [1.165, 1.54) is 13.4 Å². The standard InChI is InChI=1S/C21H23F3N6.HI/c1-25-20(27-11-10-21(22,23)24)28-12-18-4-2-3-5-19(18)17-8-6-16(7-9-17)13-30-15-26-14-29-30;/h2-9,14-15H,10-13H2,1H3,(H2,25,27,28);1H. The van der Waals surface area contributed by atoms with Gasteiger partial charge in [0.15, 0.2) is 5.96 Å². The van der Waals surface area contributed by atoms with Crippen molar-refractivity contribution in [3.8, 4) is 11.1 Å². The van der Waals surface area contributed by atoms with E-state index in [9.17, 15) is 13.2 Å². The zero-order valence-corrected chi connectivity index (χ0v) is 19.3. The fourth-order valence-electron chi connectivity index (χ4n) is 2.97. The van der Waals surface area contributed by atoms with E-state index >= 15 is 0 Å². The maximum absolute atomic E-state index is 12.3. The summed E-state index contributed by atoms with van der Waals surface area (Å²) in [4.78, 5) is 7.93. The number of aromatic nitrogens is 3. The van der Waals surface area contributed by atoms with Gasteiger partial charge < -0.3 is 10.6 Å². The van der Waals surface area contributed by atoms with Crippen molar-refractivity contribution >= 4 is 29.9 Å². The molecule has 31 heavy (non-hydrogen) atoms. The minimum absolute atomic E-state index is 0. The number of benzene rings is 2. The van der Waals surface area contributed by atoms with E-state index in [2.05, 4.69) is 25.7 Å². The molecule has 2 N–H and O–H groups in total. The molecule has 0 aliphatic rings. The predicted octanol–water partition coefficient (Wildman–Crippen LogP) is 4.23. The van der Waals surface area contributed by atoms with Crippen molar-refractivity contribution < 1.29 is 13.2 Å². The van der Waals surface area contributed by atoms with Crippen LogP contribution < -0.4 is 10.6 Å². The van der Waals surface area contributed by atoms with E-state index in [4.69, 9.17) is 0 Å². The maximum atomic E-state index is 12.3. The van der Waals surface area contributed by atoms with Crippen LogP contribution >= 0.6 is 24.0 Å². The number of nitrogens with zero attached hydrogens (tertiary/aromatic N) is 4. The predicted molar refractivity (Wildman–Crippen MR) is 125 cm³/mol. The third-order valence-corrected chi connectivity index (χ3v) is 4.46. The van der Waals surface area contributed by atoms with Crippen LogP contribution in [0.4, 0.5) is 13.2 Å². The summed E-state index contributed by atoms with van der Waals surface area (Å²) in [7, 11) is 1.53. The highest BCUT2D eigenvalue weighted by Gasteiger charge is 2.26. The Morgan fingerprint density at radius 3 is 2.45 bits per heavy atom. The van der Waals surface area contributed by atoms with Crippen molar-refractivity contribution in [1.29, 1.82) is 0 Å². The maximum Gasteiger partial charge on any atom is 0.390 e. The van der Waals surface area contributed by atoms with Crippen LogP contribution in [0.25, 0.3) is 11.1 Å². The second-order valence-corrected chi connectivity index (χ2v) is 6.66. The van der Waals surface area contributed by atoms with Crippen LogP contribution in [-0.2, 0) is 13.1 Å². The molecule has 0 radical (unpaired) electrons. The first-order valence-corrected chi connectivity index (χ1v) is 9.45. The normalized spacial score (nSPS) is 11.7. The third kappa shape index (κ3) is 7.85. The summed E-state index contributed by atoms with van der Waals surface area (Å²) in [6, 6.07) is 16.1. The molecule has 166 valence electrons. The number of hydrogen-bond acceptors (Lipinski definition) is 3. The van der Waals surface area contributed by atoms with Gasteiger partial charge in [0, 0.05) is 20.1 Å². The Labute approximate surface area is 196 Å². The molecule has 0 unspecified atom stereocenters. The van der Waals surface area contributed by atoms with Crippen molar-refractivity contribution in [1.82, 2.24) is 25.4 Å². The SMILES string of the molecule is CN=C(NCCC(F)(F)F)NCc1ccccc1-c1ccc(Cn2cncn2)cc1.I. The quantitative estimate of drug-likeness (QED) is 0.266. The second-order valence-electron chi connectivity index (χ2n) is 6.66. The molecule has 0 saturated carbocycles. The van der Waals surface area contributed by atoms with E-state index in [0.29, 0.717) is 19.0 Å². The van der Waals surface area contributed by atoms with Gasteiger partial charge in [0.2, 0.25) is 0 Å². The summed E-state index contributed by atoms with van der Waals surface area (Å²) in [6.07, 6.45) is -1.93. The summed E-state index contributed by atoms with van der Waals surface area (Å²) in [6.45, 7) is 0.851. The van der Waals surface area contributed by atoms with Crippen molar-refractivity contribution in [2.45, 2.75) is 25.7 Å². The fraction of sp³-hybridized carbons (Fsp3) is 0.286. The Kier molecular flexibility index (Phi) is 9.28. The molecule has 3 aromatic rings. The highest BCUT2D eigenvalue weighted by atomic mass is 127. The average molecular weight is 544 g/mol. The van der Waals surface area contributed by atoms with E-state index in [0.717, 1.165) is 22.3 Å². The van der Waals surface area contributed by atoms with Gasteiger partial charge >= 0.3 is 6.18 Å². The van der Waals surface area contributed by atoms with E-state index in [-0.39, 0.29) is 30.5 Å².